The molecule has 8 atom stereocenters. The van der Waals surface area contributed by atoms with Crippen LogP contribution in [0, 0.1) is 11.8 Å². The van der Waals surface area contributed by atoms with E-state index in [2.05, 4.69) is 35.0 Å². The Morgan fingerprint density at radius 1 is 0.651 bits per heavy atom. The quantitative estimate of drug-likeness (QED) is 0.0136. The van der Waals surface area contributed by atoms with E-state index in [1.807, 2.05) is 0 Å². The van der Waals surface area contributed by atoms with Crippen LogP contribution in [-0.2, 0) is 46.6 Å². The number of ether oxygens (including phenoxy) is 2. The third kappa shape index (κ3) is 32.5. The summed E-state index contributed by atoms with van der Waals surface area (Å²) in [4.78, 5) is 65.8. The molecule has 0 aromatic rings. The molecule has 7 N–H and O–H groups in total. The van der Waals surface area contributed by atoms with Gasteiger partial charge in [-0.05, 0) is 51.4 Å². The van der Waals surface area contributed by atoms with E-state index in [0.29, 0.717) is 19.3 Å². The Bertz CT molecular complexity index is 1390. The molecular formula is C44H80O17P2. The maximum absolute atomic E-state index is 12.9. The van der Waals surface area contributed by atoms with Gasteiger partial charge in [-0.3, -0.25) is 28.0 Å². The van der Waals surface area contributed by atoms with Gasteiger partial charge in [0.2, 0.25) is 0 Å². The molecule has 0 saturated heterocycles. The molecule has 1 unspecified atom stereocenters. The molecule has 368 valence electrons. The molecular weight excluding hydrogens is 862 g/mol. The highest BCUT2D eigenvalue weighted by atomic mass is 31.2. The first-order valence-corrected chi connectivity index (χ1v) is 26.2. The number of phosphoric acid groups is 2. The average molecular weight is 943 g/mol. The summed E-state index contributed by atoms with van der Waals surface area (Å²) >= 11 is 0. The number of ketones is 1. The van der Waals surface area contributed by atoms with Crippen molar-refractivity contribution in [3.05, 3.63) is 24.3 Å². The van der Waals surface area contributed by atoms with Gasteiger partial charge in [-0.25, -0.2) is 9.13 Å². The third-order valence-electron chi connectivity index (χ3n) is 10.8. The van der Waals surface area contributed by atoms with Gasteiger partial charge in [0.25, 0.3) is 0 Å². The molecule has 19 heteroatoms. The Hall–Kier alpha value is -1.85. The Morgan fingerprint density at radius 3 is 1.84 bits per heavy atom. The second-order valence-electron chi connectivity index (χ2n) is 16.6. The van der Waals surface area contributed by atoms with Crippen LogP contribution in [0.15, 0.2) is 24.3 Å². The summed E-state index contributed by atoms with van der Waals surface area (Å²) in [5.74, 6) is -2.44. The first-order valence-electron chi connectivity index (χ1n) is 23.2. The van der Waals surface area contributed by atoms with Crippen molar-refractivity contribution < 1.29 is 81.7 Å². The van der Waals surface area contributed by atoms with Gasteiger partial charge >= 0.3 is 27.6 Å². The van der Waals surface area contributed by atoms with E-state index >= 15 is 0 Å². The van der Waals surface area contributed by atoms with Crippen molar-refractivity contribution in [1.29, 1.82) is 0 Å². The number of carbonyl (C=O) groups is 3. The number of aliphatic hydroxyl groups excluding tert-OH is 4. The molecule has 0 spiro atoms. The lowest BCUT2D eigenvalue weighted by Crippen LogP contribution is -2.30. The minimum absolute atomic E-state index is 0.0339. The molecule has 0 aromatic heterocycles. The lowest BCUT2D eigenvalue weighted by molar-refractivity contribution is -0.161. The van der Waals surface area contributed by atoms with Gasteiger partial charge in [-0.2, -0.15) is 0 Å². The predicted octanol–water partition coefficient (Wildman–Crippen LogP) is 7.46. The number of hydrogen-bond acceptors (Lipinski definition) is 14. The summed E-state index contributed by atoms with van der Waals surface area (Å²) < 4.78 is 47.7. The first-order chi connectivity index (χ1) is 30.0. The van der Waals surface area contributed by atoms with Crippen LogP contribution in [0.4, 0.5) is 0 Å². The number of carbonyl (C=O) groups excluding carboxylic acids is 3. The second kappa shape index (κ2) is 35.4. The maximum Gasteiger partial charge on any atom is 0.472 e. The molecule has 1 saturated carbocycles. The van der Waals surface area contributed by atoms with Crippen LogP contribution in [0.25, 0.3) is 0 Å². The fourth-order valence-electron chi connectivity index (χ4n) is 7.16. The highest BCUT2D eigenvalue weighted by Crippen LogP contribution is 2.44. The Labute approximate surface area is 375 Å². The standard InChI is InChI=1S/C44H80O17P2/c1-3-5-7-8-9-10-11-12-13-14-15-16-17-18-20-26-44(51)61-38(34-60-63(55,56)59-32-37(47)31-58-62(52,53)54)33-57-43(50)25-22-21-24-36(46)29-40-39(41(48)30-42(40)49)28-27-35(45)23-19-6-4-2/h12-13,27-28,35,37-42,45,47-49H,3-11,14-26,29-34H2,1-2H3,(H,55,56)(H2,52,53,54)/b13-12-,28-27+/t35-,37-,38+,39+,40+,41+,42-/m0/s1. The van der Waals surface area contributed by atoms with Gasteiger partial charge in [0.05, 0.1) is 38.1 Å². The summed E-state index contributed by atoms with van der Waals surface area (Å²) in [5.41, 5.74) is 0. The summed E-state index contributed by atoms with van der Waals surface area (Å²) in [5, 5.41) is 41.1. The van der Waals surface area contributed by atoms with E-state index in [0.717, 1.165) is 57.8 Å². The largest absolute Gasteiger partial charge is 0.472 e. The summed E-state index contributed by atoms with van der Waals surface area (Å²) in [6, 6.07) is 0. The lowest BCUT2D eigenvalue weighted by atomic mass is 9.87. The van der Waals surface area contributed by atoms with Crippen molar-refractivity contribution in [2.24, 2.45) is 11.8 Å². The zero-order valence-electron chi connectivity index (χ0n) is 37.8. The van der Waals surface area contributed by atoms with E-state index in [1.54, 1.807) is 12.2 Å². The van der Waals surface area contributed by atoms with Gasteiger partial charge in [0, 0.05) is 43.9 Å². The lowest BCUT2D eigenvalue weighted by Gasteiger charge is -2.21. The van der Waals surface area contributed by atoms with Crippen molar-refractivity contribution in [3.63, 3.8) is 0 Å². The molecule has 0 aliphatic heterocycles. The van der Waals surface area contributed by atoms with E-state index in [1.165, 1.54) is 38.5 Å². The molecule has 0 heterocycles. The van der Waals surface area contributed by atoms with Gasteiger partial charge in [-0.15, -0.1) is 0 Å². The van der Waals surface area contributed by atoms with E-state index < -0.39 is 96.4 Å². The fraction of sp³-hybridized carbons (Fsp3) is 0.841. The fourth-order valence-corrected chi connectivity index (χ4v) is 8.32. The predicted molar refractivity (Wildman–Crippen MR) is 237 cm³/mol. The van der Waals surface area contributed by atoms with E-state index in [-0.39, 0.29) is 44.3 Å². The molecule has 1 aliphatic rings. The molecule has 0 aromatic carbocycles. The van der Waals surface area contributed by atoms with Gasteiger partial charge < -0.3 is 44.6 Å². The van der Waals surface area contributed by atoms with Crippen molar-refractivity contribution in [3.8, 4) is 0 Å². The molecule has 1 rings (SSSR count). The number of esters is 2. The van der Waals surface area contributed by atoms with Crippen LogP contribution < -0.4 is 0 Å². The second-order valence-corrected chi connectivity index (χ2v) is 19.3. The van der Waals surface area contributed by atoms with Gasteiger partial charge in [-0.1, -0.05) is 109 Å². The Kier molecular flexibility index (Phi) is 33.2. The van der Waals surface area contributed by atoms with Crippen LogP contribution in [0.2, 0.25) is 0 Å². The van der Waals surface area contributed by atoms with Crippen LogP contribution in [0.1, 0.15) is 168 Å². The first kappa shape index (κ1) is 59.2. The topological polar surface area (TPSA) is 273 Å². The molecule has 1 fully saturated rings. The number of rotatable bonds is 40. The summed E-state index contributed by atoms with van der Waals surface area (Å²) in [6.07, 6.45) is 20.9. The average Bonchev–Trinajstić information content (AvgIpc) is 3.49. The monoisotopic (exact) mass is 942 g/mol. The molecule has 0 radical (unpaired) electrons. The maximum atomic E-state index is 12.9. The van der Waals surface area contributed by atoms with Crippen LogP contribution in [0.3, 0.4) is 0 Å². The molecule has 63 heavy (non-hydrogen) atoms. The third-order valence-corrected chi connectivity index (χ3v) is 12.2. The smallest absolute Gasteiger partial charge is 0.462 e. The molecule has 1 aliphatic carbocycles. The van der Waals surface area contributed by atoms with Gasteiger partial charge in [0.1, 0.15) is 18.5 Å². The Balaban J connectivity index is 2.57. The number of phosphoric ester groups is 2. The zero-order valence-corrected chi connectivity index (χ0v) is 39.5. The number of allylic oxidation sites excluding steroid dienone is 2. The van der Waals surface area contributed by atoms with Crippen LogP contribution in [0.5, 0.6) is 0 Å². The number of Topliss-reactive ketones (excluding diaryl/α,β-unsaturated/α-hetero) is 1. The molecule has 17 nitrogen and oxygen atoms in total. The Morgan fingerprint density at radius 2 is 1.19 bits per heavy atom. The van der Waals surface area contributed by atoms with Crippen molar-refractivity contribution in [2.45, 2.75) is 198 Å². The number of hydrogen-bond donors (Lipinski definition) is 7. The molecule has 0 bridgehead atoms. The van der Waals surface area contributed by atoms with E-state index in [9.17, 15) is 48.8 Å². The zero-order chi connectivity index (χ0) is 46.9. The van der Waals surface area contributed by atoms with E-state index in [4.69, 9.17) is 23.8 Å². The van der Waals surface area contributed by atoms with Crippen LogP contribution >= 0.6 is 15.6 Å². The van der Waals surface area contributed by atoms with Crippen molar-refractivity contribution in [1.82, 2.24) is 0 Å². The highest BCUT2D eigenvalue weighted by molar-refractivity contribution is 7.47. The summed E-state index contributed by atoms with van der Waals surface area (Å²) in [7, 11) is -9.81. The minimum atomic E-state index is -4.91. The number of unbranched alkanes of at least 4 members (excludes halogenated alkanes) is 14. The van der Waals surface area contributed by atoms with Gasteiger partial charge in [0.15, 0.2) is 6.10 Å². The minimum Gasteiger partial charge on any atom is -0.462 e. The normalized spacial score (nSPS) is 20.5. The highest BCUT2D eigenvalue weighted by Gasteiger charge is 2.41. The van der Waals surface area contributed by atoms with Crippen molar-refractivity contribution >= 4 is 33.4 Å². The summed E-state index contributed by atoms with van der Waals surface area (Å²) in [6.45, 7) is 1.22. The number of aliphatic hydroxyl groups is 4. The van der Waals surface area contributed by atoms with Crippen LogP contribution in [-0.4, -0.2) is 110 Å². The SMILES string of the molecule is CCCCCCCC/C=C\CCCCCCCC(=O)O[C@H](COC(=O)CCCCC(=O)C[C@@H]1[C@@H](/C=C/[C@@H](O)CCCCC)[C@H](O)C[C@@H]1O)COP(=O)(O)OC[C@@H](O)COP(=O)(O)O. The molecule has 0 amide bonds. The van der Waals surface area contributed by atoms with Crippen molar-refractivity contribution in [2.75, 3.05) is 26.4 Å².